The maximum absolute atomic E-state index is 11.9. The number of aromatic nitrogens is 1. The van der Waals surface area contributed by atoms with E-state index in [0.717, 1.165) is 17.0 Å². The van der Waals surface area contributed by atoms with Gasteiger partial charge in [-0.2, -0.15) is 5.10 Å². The molecule has 104 valence electrons. The summed E-state index contributed by atoms with van der Waals surface area (Å²) in [6, 6.07) is 6.63. The van der Waals surface area contributed by atoms with E-state index in [-0.39, 0.29) is 0 Å². The normalized spacial score (nSPS) is 11.0. The van der Waals surface area contributed by atoms with Gasteiger partial charge >= 0.3 is 0 Å². The number of carbonyl (C=O) groups is 1. The summed E-state index contributed by atoms with van der Waals surface area (Å²) in [6.45, 7) is 3.89. The monoisotopic (exact) mass is 309 g/mol. The van der Waals surface area contributed by atoms with Gasteiger partial charge in [0.2, 0.25) is 0 Å². The maximum atomic E-state index is 11.9. The van der Waals surface area contributed by atoms with E-state index < -0.39 is 5.91 Å². The molecule has 1 aromatic carbocycles. The lowest BCUT2D eigenvalue weighted by molar-refractivity contribution is 0.0955. The highest BCUT2D eigenvalue weighted by atomic mass is 35.5. The van der Waals surface area contributed by atoms with Crippen LogP contribution in [0.3, 0.4) is 0 Å². The average Bonchev–Trinajstić information content (AvgIpc) is 2.71. The van der Waals surface area contributed by atoms with Crippen LogP contribution in [0.5, 0.6) is 0 Å². The number of halogens is 2. The first-order valence-corrected chi connectivity index (χ1v) is 6.67. The van der Waals surface area contributed by atoms with E-state index in [9.17, 15) is 4.79 Å². The van der Waals surface area contributed by atoms with Gasteiger partial charge in [0.25, 0.3) is 5.91 Å². The summed E-state index contributed by atoms with van der Waals surface area (Å²) in [5.74, 6) is -0.404. The number of H-pyrrole nitrogens is 1. The SMILES string of the molecule is Cc1cc(/C=N/NC(=O)c2cc(Cl)ccc2Cl)c(C)[nH]1. The third-order valence-electron chi connectivity index (χ3n) is 2.73. The first-order valence-electron chi connectivity index (χ1n) is 5.92. The number of hydrogen-bond donors (Lipinski definition) is 2. The molecule has 4 nitrogen and oxygen atoms in total. The number of hydrogen-bond acceptors (Lipinski definition) is 2. The standard InChI is InChI=1S/C14H13Cl2N3O/c1-8-5-10(9(2)18-8)7-17-19-14(20)12-6-11(15)3-4-13(12)16/h3-7,18H,1-2H3,(H,19,20)/b17-7+. The molecule has 0 unspecified atom stereocenters. The zero-order valence-corrected chi connectivity index (χ0v) is 12.5. The number of hydrazone groups is 1. The van der Waals surface area contributed by atoms with Crippen molar-refractivity contribution in [2.24, 2.45) is 5.10 Å². The second-order valence-electron chi connectivity index (χ2n) is 4.36. The Hall–Kier alpha value is -1.78. The molecule has 0 saturated carbocycles. The van der Waals surface area contributed by atoms with Crippen molar-refractivity contribution >= 4 is 35.3 Å². The number of aryl methyl sites for hydroxylation is 2. The zero-order chi connectivity index (χ0) is 14.7. The molecule has 2 N–H and O–H groups in total. The topological polar surface area (TPSA) is 57.2 Å². The van der Waals surface area contributed by atoms with E-state index in [1.54, 1.807) is 18.3 Å². The van der Waals surface area contributed by atoms with Gasteiger partial charge in [0.15, 0.2) is 0 Å². The molecule has 20 heavy (non-hydrogen) atoms. The van der Waals surface area contributed by atoms with Crippen LogP contribution in [0.4, 0.5) is 0 Å². The summed E-state index contributed by atoms with van der Waals surface area (Å²) in [7, 11) is 0. The molecule has 0 aliphatic carbocycles. The predicted molar refractivity (Wildman–Crippen MR) is 81.8 cm³/mol. The Kier molecular flexibility index (Phi) is 4.47. The van der Waals surface area contributed by atoms with Crippen LogP contribution in [0.25, 0.3) is 0 Å². The van der Waals surface area contributed by atoms with Crippen molar-refractivity contribution in [1.29, 1.82) is 0 Å². The Morgan fingerprint density at radius 3 is 2.70 bits per heavy atom. The lowest BCUT2D eigenvalue weighted by Crippen LogP contribution is -2.18. The smallest absolute Gasteiger partial charge is 0.272 e. The predicted octanol–water partition coefficient (Wildman–Crippen LogP) is 3.70. The van der Waals surface area contributed by atoms with Crippen molar-refractivity contribution in [3.63, 3.8) is 0 Å². The molecule has 0 bridgehead atoms. The van der Waals surface area contributed by atoms with Gasteiger partial charge in [-0.25, -0.2) is 5.43 Å². The van der Waals surface area contributed by atoms with E-state index >= 15 is 0 Å². The molecule has 0 atom stereocenters. The first-order chi connectivity index (χ1) is 9.47. The third-order valence-corrected chi connectivity index (χ3v) is 3.30. The van der Waals surface area contributed by atoms with Crippen LogP contribution in [0.15, 0.2) is 29.4 Å². The fraction of sp³-hybridized carbons (Fsp3) is 0.143. The highest BCUT2D eigenvalue weighted by Gasteiger charge is 2.10. The lowest BCUT2D eigenvalue weighted by atomic mass is 10.2. The molecule has 0 radical (unpaired) electrons. The summed E-state index contributed by atoms with van der Waals surface area (Å²) < 4.78 is 0. The minimum absolute atomic E-state index is 0.290. The molecule has 2 rings (SSSR count). The molecule has 0 aliphatic heterocycles. The van der Waals surface area contributed by atoms with Gasteiger partial charge in [-0.1, -0.05) is 23.2 Å². The van der Waals surface area contributed by atoms with Crippen LogP contribution >= 0.6 is 23.2 Å². The van der Waals surface area contributed by atoms with Crippen molar-refractivity contribution in [1.82, 2.24) is 10.4 Å². The Labute approximate surface area is 126 Å². The molecule has 6 heteroatoms. The second kappa shape index (κ2) is 6.11. The van der Waals surface area contributed by atoms with Gasteiger partial charge in [-0.05, 0) is 38.1 Å². The van der Waals surface area contributed by atoms with Gasteiger partial charge in [0.1, 0.15) is 0 Å². The molecular weight excluding hydrogens is 297 g/mol. The molecule has 0 fully saturated rings. The number of rotatable bonds is 3. The molecule has 1 amide bonds. The van der Waals surface area contributed by atoms with Crippen molar-refractivity contribution in [2.75, 3.05) is 0 Å². The molecule has 0 aliphatic rings. The van der Waals surface area contributed by atoms with E-state index in [4.69, 9.17) is 23.2 Å². The average molecular weight is 310 g/mol. The number of nitrogens with zero attached hydrogens (tertiary/aromatic N) is 1. The van der Waals surface area contributed by atoms with Crippen LogP contribution in [0.2, 0.25) is 10.0 Å². The molecule has 0 spiro atoms. The highest BCUT2D eigenvalue weighted by Crippen LogP contribution is 2.20. The van der Waals surface area contributed by atoms with Crippen molar-refractivity contribution in [3.8, 4) is 0 Å². The molecular formula is C14H13Cl2N3O. The van der Waals surface area contributed by atoms with E-state index in [2.05, 4.69) is 15.5 Å². The Morgan fingerprint density at radius 1 is 1.30 bits per heavy atom. The number of aromatic amines is 1. The summed E-state index contributed by atoms with van der Waals surface area (Å²) >= 11 is 11.8. The van der Waals surface area contributed by atoms with Gasteiger partial charge in [-0.3, -0.25) is 4.79 Å². The molecule has 2 aromatic rings. The van der Waals surface area contributed by atoms with Crippen molar-refractivity contribution < 1.29 is 4.79 Å². The number of amides is 1. The van der Waals surface area contributed by atoms with E-state index in [1.165, 1.54) is 6.07 Å². The fourth-order valence-electron chi connectivity index (χ4n) is 1.77. The second-order valence-corrected chi connectivity index (χ2v) is 5.20. The van der Waals surface area contributed by atoms with Crippen molar-refractivity contribution in [3.05, 3.63) is 56.8 Å². The summed E-state index contributed by atoms with van der Waals surface area (Å²) in [4.78, 5) is 15.1. The lowest BCUT2D eigenvalue weighted by Gasteiger charge is -2.02. The minimum Gasteiger partial charge on any atom is -0.362 e. The fourth-order valence-corrected chi connectivity index (χ4v) is 2.15. The van der Waals surface area contributed by atoms with E-state index in [1.807, 2.05) is 19.9 Å². The Morgan fingerprint density at radius 2 is 2.05 bits per heavy atom. The van der Waals surface area contributed by atoms with Crippen LogP contribution in [-0.2, 0) is 0 Å². The highest BCUT2D eigenvalue weighted by molar-refractivity contribution is 6.35. The number of carbonyl (C=O) groups excluding carboxylic acids is 1. The molecule has 1 heterocycles. The Bertz CT molecular complexity index is 677. The molecule has 1 aromatic heterocycles. The maximum Gasteiger partial charge on any atom is 0.272 e. The van der Waals surface area contributed by atoms with Crippen LogP contribution < -0.4 is 5.43 Å². The van der Waals surface area contributed by atoms with Crippen LogP contribution in [0, 0.1) is 13.8 Å². The van der Waals surface area contributed by atoms with Gasteiger partial charge in [0, 0.05) is 22.0 Å². The number of benzene rings is 1. The van der Waals surface area contributed by atoms with Crippen LogP contribution in [-0.4, -0.2) is 17.1 Å². The first kappa shape index (κ1) is 14.6. The minimum atomic E-state index is -0.404. The van der Waals surface area contributed by atoms with Gasteiger partial charge in [-0.15, -0.1) is 0 Å². The third kappa shape index (κ3) is 3.40. The summed E-state index contributed by atoms with van der Waals surface area (Å²) in [5.41, 5.74) is 5.65. The Balaban J connectivity index is 2.09. The van der Waals surface area contributed by atoms with Crippen LogP contribution in [0.1, 0.15) is 27.3 Å². The van der Waals surface area contributed by atoms with E-state index in [0.29, 0.717) is 15.6 Å². The number of nitrogens with one attached hydrogen (secondary N) is 2. The zero-order valence-electron chi connectivity index (χ0n) is 11.0. The molecule has 0 saturated heterocycles. The van der Waals surface area contributed by atoms with Crippen molar-refractivity contribution in [2.45, 2.75) is 13.8 Å². The van der Waals surface area contributed by atoms with Gasteiger partial charge < -0.3 is 4.98 Å². The quantitative estimate of drug-likeness (QED) is 0.659. The van der Waals surface area contributed by atoms with Gasteiger partial charge in [0.05, 0.1) is 16.8 Å². The summed E-state index contributed by atoms with van der Waals surface area (Å²) in [6.07, 6.45) is 1.58. The summed E-state index contributed by atoms with van der Waals surface area (Å²) in [5, 5.41) is 4.69. The largest absolute Gasteiger partial charge is 0.362 e.